The van der Waals surface area contributed by atoms with Crippen molar-refractivity contribution in [3.8, 4) is 11.5 Å². The topological polar surface area (TPSA) is 38.8 Å². The normalized spacial score (nSPS) is 10.4. The van der Waals surface area contributed by atoms with Crippen molar-refractivity contribution in [3.63, 3.8) is 0 Å². The molecule has 0 saturated carbocycles. The third-order valence-corrected chi connectivity index (χ3v) is 4.43. The van der Waals surface area contributed by atoms with Gasteiger partial charge in [-0.1, -0.05) is 6.07 Å². The lowest BCUT2D eigenvalue weighted by atomic mass is 10.2. The van der Waals surface area contributed by atoms with Crippen LogP contribution in [0.1, 0.15) is 27.0 Å². The molecule has 1 aromatic carbocycles. The number of thiophene rings is 1. The fourth-order valence-electron chi connectivity index (χ4n) is 2.23. The van der Waals surface area contributed by atoms with Crippen LogP contribution in [0.5, 0.6) is 11.5 Å². The Morgan fingerprint density at radius 3 is 2.41 bits per heavy atom. The molecule has 0 radical (unpaired) electrons. The van der Waals surface area contributed by atoms with Gasteiger partial charge in [-0.15, -0.1) is 11.3 Å². The van der Waals surface area contributed by atoms with Crippen LogP contribution in [0.4, 0.5) is 0 Å². The Bertz CT molecular complexity index is 651. The summed E-state index contributed by atoms with van der Waals surface area (Å²) in [7, 11) is 3.22. The lowest BCUT2D eigenvalue weighted by Gasteiger charge is -2.21. The van der Waals surface area contributed by atoms with Gasteiger partial charge in [-0.25, -0.2) is 0 Å². The maximum atomic E-state index is 12.6. The first kappa shape index (κ1) is 16.4. The number of carbonyl (C=O) groups is 1. The summed E-state index contributed by atoms with van der Waals surface area (Å²) >= 11 is 1.53. The molecule has 0 saturated heterocycles. The van der Waals surface area contributed by atoms with Crippen LogP contribution >= 0.6 is 11.3 Å². The van der Waals surface area contributed by atoms with Crippen LogP contribution in [0.25, 0.3) is 0 Å². The van der Waals surface area contributed by atoms with Crippen molar-refractivity contribution < 1.29 is 14.3 Å². The van der Waals surface area contributed by atoms with E-state index in [0.717, 1.165) is 15.3 Å². The molecule has 118 valence electrons. The van der Waals surface area contributed by atoms with Crippen molar-refractivity contribution in [1.29, 1.82) is 0 Å². The molecule has 5 heteroatoms. The summed E-state index contributed by atoms with van der Waals surface area (Å²) in [6.45, 7) is 5.20. The first-order chi connectivity index (χ1) is 10.6. The second kappa shape index (κ2) is 7.31. The molecule has 0 aliphatic carbocycles. The molecule has 2 aromatic rings. The van der Waals surface area contributed by atoms with Gasteiger partial charge in [0, 0.05) is 18.0 Å². The summed E-state index contributed by atoms with van der Waals surface area (Å²) in [5.74, 6) is 1.43. The van der Waals surface area contributed by atoms with Gasteiger partial charge in [-0.2, -0.15) is 0 Å². The number of amides is 1. The quantitative estimate of drug-likeness (QED) is 0.814. The van der Waals surface area contributed by atoms with E-state index in [1.54, 1.807) is 14.2 Å². The molecule has 1 aromatic heterocycles. The highest BCUT2D eigenvalue weighted by molar-refractivity contribution is 7.13. The molecule has 0 aliphatic heterocycles. The molecular weight excluding hydrogens is 298 g/mol. The van der Waals surface area contributed by atoms with Crippen molar-refractivity contribution in [2.45, 2.75) is 20.4 Å². The van der Waals surface area contributed by atoms with Gasteiger partial charge in [0.15, 0.2) is 11.5 Å². The summed E-state index contributed by atoms with van der Waals surface area (Å²) in [6, 6.07) is 9.59. The van der Waals surface area contributed by atoms with Crippen LogP contribution in [0, 0.1) is 6.92 Å². The minimum absolute atomic E-state index is 0.0652. The van der Waals surface area contributed by atoms with E-state index >= 15 is 0 Å². The summed E-state index contributed by atoms with van der Waals surface area (Å²) in [5.41, 5.74) is 1.01. The van der Waals surface area contributed by atoms with Gasteiger partial charge in [-0.3, -0.25) is 4.79 Å². The smallest absolute Gasteiger partial charge is 0.264 e. The minimum Gasteiger partial charge on any atom is -0.493 e. The van der Waals surface area contributed by atoms with Crippen LogP contribution in [-0.4, -0.2) is 31.6 Å². The molecule has 0 spiro atoms. The van der Waals surface area contributed by atoms with E-state index < -0.39 is 0 Å². The molecule has 4 nitrogen and oxygen atoms in total. The number of nitrogens with zero attached hydrogens (tertiary/aromatic N) is 1. The third-order valence-electron chi connectivity index (χ3n) is 3.44. The Morgan fingerprint density at radius 1 is 1.14 bits per heavy atom. The second-order valence-electron chi connectivity index (χ2n) is 4.92. The Morgan fingerprint density at radius 2 is 1.86 bits per heavy atom. The monoisotopic (exact) mass is 319 g/mol. The zero-order chi connectivity index (χ0) is 16.1. The van der Waals surface area contributed by atoms with E-state index in [9.17, 15) is 4.79 Å². The third kappa shape index (κ3) is 3.60. The number of ether oxygens (including phenoxy) is 2. The number of methoxy groups -OCH3 is 2. The van der Waals surface area contributed by atoms with Gasteiger partial charge in [0.1, 0.15) is 0 Å². The molecule has 1 amide bonds. The van der Waals surface area contributed by atoms with E-state index in [-0.39, 0.29) is 5.91 Å². The zero-order valence-electron chi connectivity index (χ0n) is 13.4. The summed E-state index contributed by atoms with van der Waals surface area (Å²) in [5, 5.41) is 0. The maximum Gasteiger partial charge on any atom is 0.264 e. The Hall–Kier alpha value is -2.01. The zero-order valence-corrected chi connectivity index (χ0v) is 14.2. The van der Waals surface area contributed by atoms with Gasteiger partial charge in [0.25, 0.3) is 5.91 Å². The standard InChI is InChI=1S/C17H21NO3S/c1-5-18(17(19)16-9-6-12(2)22-16)11-13-7-8-14(20-3)15(10-13)21-4/h6-10H,5,11H2,1-4H3. The molecule has 0 bridgehead atoms. The van der Waals surface area contributed by atoms with Crippen molar-refractivity contribution >= 4 is 17.2 Å². The summed E-state index contributed by atoms with van der Waals surface area (Å²) < 4.78 is 10.6. The van der Waals surface area contributed by atoms with Gasteiger partial charge in [0.05, 0.1) is 19.1 Å². The van der Waals surface area contributed by atoms with Crippen LogP contribution in [-0.2, 0) is 6.54 Å². The summed E-state index contributed by atoms with van der Waals surface area (Å²) in [6.07, 6.45) is 0. The summed E-state index contributed by atoms with van der Waals surface area (Å²) in [4.78, 5) is 16.3. The molecule has 0 unspecified atom stereocenters. The van der Waals surface area contributed by atoms with Crippen molar-refractivity contribution in [1.82, 2.24) is 4.90 Å². The second-order valence-corrected chi connectivity index (χ2v) is 6.21. The highest BCUT2D eigenvalue weighted by Gasteiger charge is 2.17. The SMILES string of the molecule is CCN(Cc1ccc(OC)c(OC)c1)C(=O)c1ccc(C)s1. The van der Waals surface area contributed by atoms with Crippen LogP contribution in [0.15, 0.2) is 30.3 Å². The molecule has 22 heavy (non-hydrogen) atoms. The molecule has 0 atom stereocenters. The maximum absolute atomic E-state index is 12.6. The first-order valence-corrected chi connectivity index (χ1v) is 7.97. The lowest BCUT2D eigenvalue weighted by Crippen LogP contribution is -2.29. The van der Waals surface area contributed by atoms with Crippen molar-refractivity contribution in [3.05, 3.63) is 45.6 Å². The molecular formula is C17H21NO3S. The predicted molar refractivity (Wildman–Crippen MR) is 89.0 cm³/mol. The Labute approximate surface area is 135 Å². The van der Waals surface area contributed by atoms with Crippen molar-refractivity contribution in [2.24, 2.45) is 0 Å². The first-order valence-electron chi connectivity index (χ1n) is 7.15. The number of aryl methyl sites for hydroxylation is 1. The van der Waals surface area contributed by atoms with E-state index in [1.165, 1.54) is 11.3 Å². The van der Waals surface area contributed by atoms with Gasteiger partial charge in [-0.05, 0) is 43.7 Å². The minimum atomic E-state index is 0.0652. The number of hydrogen-bond donors (Lipinski definition) is 0. The van der Waals surface area contributed by atoms with Crippen molar-refractivity contribution in [2.75, 3.05) is 20.8 Å². The average molecular weight is 319 g/mol. The van der Waals surface area contributed by atoms with Gasteiger partial charge in [0.2, 0.25) is 0 Å². The van der Waals surface area contributed by atoms with E-state index in [0.29, 0.717) is 24.6 Å². The number of rotatable bonds is 6. The van der Waals surface area contributed by atoms with Gasteiger partial charge < -0.3 is 14.4 Å². The number of carbonyl (C=O) groups excluding carboxylic acids is 1. The average Bonchev–Trinajstić information content (AvgIpc) is 2.98. The van der Waals surface area contributed by atoms with E-state index in [4.69, 9.17) is 9.47 Å². The van der Waals surface area contributed by atoms with Crippen LogP contribution in [0.3, 0.4) is 0 Å². The van der Waals surface area contributed by atoms with E-state index in [2.05, 4.69) is 0 Å². The van der Waals surface area contributed by atoms with Crippen LogP contribution < -0.4 is 9.47 Å². The fourth-order valence-corrected chi connectivity index (χ4v) is 3.07. The fraction of sp³-hybridized carbons (Fsp3) is 0.353. The highest BCUT2D eigenvalue weighted by atomic mass is 32.1. The molecule has 1 heterocycles. The number of hydrogen-bond acceptors (Lipinski definition) is 4. The lowest BCUT2D eigenvalue weighted by molar-refractivity contribution is 0.0757. The van der Waals surface area contributed by atoms with Crippen LogP contribution in [0.2, 0.25) is 0 Å². The Balaban J connectivity index is 2.18. The molecule has 0 fully saturated rings. The predicted octanol–water partition coefficient (Wildman–Crippen LogP) is 3.74. The van der Waals surface area contributed by atoms with E-state index in [1.807, 2.05) is 49.1 Å². The number of benzene rings is 1. The Kier molecular flexibility index (Phi) is 5.44. The highest BCUT2D eigenvalue weighted by Crippen LogP contribution is 2.28. The largest absolute Gasteiger partial charge is 0.493 e. The molecule has 0 N–H and O–H groups in total. The van der Waals surface area contributed by atoms with Gasteiger partial charge >= 0.3 is 0 Å². The molecule has 2 rings (SSSR count). The molecule has 0 aliphatic rings.